The molecule has 5 heteroatoms. The minimum atomic E-state index is 0.815. The van der Waals surface area contributed by atoms with Crippen molar-refractivity contribution in [1.82, 2.24) is 24.3 Å². The molecule has 5 nitrogen and oxygen atoms in total. The third-order valence-corrected chi connectivity index (χ3v) is 8.49. The second-order valence-corrected chi connectivity index (χ2v) is 11.2. The number of nitrogens with zero attached hydrogens (tertiary/aromatic N) is 5. The van der Waals surface area contributed by atoms with Crippen LogP contribution in [0.1, 0.15) is 0 Å². The van der Waals surface area contributed by atoms with Crippen molar-refractivity contribution in [3.8, 4) is 45.0 Å². The Morgan fingerprint density at radius 2 is 1.07 bits per heavy atom. The molecule has 0 spiro atoms. The maximum Gasteiger partial charge on any atom is 0.138 e. The Balaban J connectivity index is 1.22. The summed E-state index contributed by atoms with van der Waals surface area (Å²) in [6.45, 7) is 0. The van der Waals surface area contributed by atoms with Crippen LogP contribution in [-0.4, -0.2) is 24.3 Å². The fourth-order valence-corrected chi connectivity index (χ4v) is 6.41. The molecule has 0 saturated carbocycles. The molecule has 0 unspecified atom stereocenters. The minimum Gasteiger partial charge on any atom is -0.292 e. The molecular weight excluding hydrogens is 550 g/mol. The molecule has 210 valence electrons. The normalized spacial score (nSPS) is 11.6. The van der Waals surface area contributed by atoms with Crippen molar-refractivity contribution in [2.45, 2.75) is 0 Å². The van der Waals surface area contributed by atoms with Crippen molar-refractivity contribution in [2.75, 3.05) is 0 Å². The van der Waals surface area contributed by atoms with E-state index >= 15 is 0 Å². The van der Waals surface area contributed by atoms with E-state index in [1.165, 1.54) is 27.3 Å². The highest BCUT2D eigenvalue weighted by atomic mass is 15.0. The summed E-state index contributed by atoms with van der Waals surface area (Å²) in [6.07, 6.45) is 3.61. The van der Waals surface area contributed by atoms with Gasteiger partial charge < -0.3 is 0 Å². The second-order valence-electron chi connectivity index (χ2n) is 11.2. The monoisotopic (exact) mass is 575 g/mol. The smallest absolute Gasteiger partial charge is 0.138 e. The van der Waals surface area contributed by atoms with Gasteiger partial charge in [0.05, 0.1) is 39.3 Å². The van der Waals surface area contributed by atoms with Crippen LogP contribution in [-0.2, 0) is 0 Å². The highest BCUT2D eigenvalue weighted by Gasteiger charge is 2.15. The largest absolute Gasteiger partial charge is 0.292 e. The summed E-state index contributed by atoms with van der Waals surface area (Å²) in [6, 6.07) is 48.5. The highest BCUT2D eigenvalue weighted by Crippen LogP contribution is 2.38. The number of pyridine rings is 4. The Kier molecular flexibility index (Phi) is 5.74. The van der Waals surface area contributed by atoms with E-state index in [1.54, 1.807) is 12.4 Å². The Labute approximate surface area is 259 Å². The van der Waals surface area contributed by atoms with E-state index in [0.717, 1.165) is 56.1 Å². The zero-order valence-electron chi connectivity index (χ0n) is 24.2. The van der Waals surface area contributed by atoms with E-state index in [0.29, 0.717) is 0 Å². The van der Waals surface area contributed by atoms with E-state index < -0.39 is 0 Å². The third-order valence-electron chi connectivity index (χ3n) is 8.49. The number of hydrogen-bond donors (Lipinski definition) is 0. The number of aromatic nitrogens is 5. The van der Waals surface area contributed by atoms with Crippen LogP contribution >= 0.6 is 0 Å². The standard InChI is InChI=1S/C40H25N5/c1-2-10-32-30(28-24-36(33-11-5-7-21-41-33)43-37(25-28)34-12-6-8-22-42-34)18-17-29(31(32)9-1)26-15-19-38-27(23-26)16-20-40-44-35-13-3-4-14-39(35)45(38)40/h1-25H. The van der Waals surface area contributed by atoms with Crippen molar-refractivity contribution in [1.29, 1.82) is 0 Å². The molecule has 4 aromatic carbocycles. The van der Waals surface area contributed by atoms with E-state index in [2.05, 4.69) is 111 Å². The van der Waals surface area contributed by atoms with Gasteiger partial charge in [-0.1, -0.05) is 66.7 Å². The molecule has 0 bridgehead atoms. The summed E-state index contributed by atoms with van der Waals surface area (Å²) in [5.74, 6) is 0. The predicted molar refractivity (Wildman–Crippen MR) is 183 cm³/mol. The van der Waals surface area contributed by atoms with Crippen molar-refractivity contribution in [2.24, 2.45) is 0 Å². The summed E-state index contributed by atoms with van der Waals surface area (Å²) in [5, 5.41) is 3.54. The maximum absolute atomic E-state index is 4.98. The van der Waals surface area contributed by atoms with Gasteiger partial charge in [-0.15, -0.1) is 0 Å². The predicted octanol–water partition coefficient (Wildman–Crippen LogP) is 9.65. The van der Waals surface area contributed by atoms with Gasteiger partial charge in [-0.25, -0.2) is 9.97 Å². The van der Waals surface area contributed by atoms with Gasteiger partial charge in [-0.05, 0) is 111 Å². The molecular formula is C40H25N5. The first-order chi connectivity index (χ1) is 22.3. The topological polar surface area (TPSA) is 56.0 Å². The molecule has 9 aromatic rings. The van der Waals surface area contributed by atoms with Crippen molar-refractivity contribution < 1.29 is 0 Å². The van der Waals surface area contributed by atoms with Crippen LogP contribution in [0.4, 0.5) is 0 Å². The molecule has 0 amide bonds. The second kappa shape index (κ2) is 10.2. The molecule has 0 N–H and O–H groups in total. The lowest BCUT2D eigenvalue weighted by Crippen LogP contribution is -1.94. The summed E-state index contributed by atoms with van der Waals surface area (Å²) >= 11 is 0. The number of benzene rings is 4. The number of rotatable bonds is 4. The maximum atomic E-state index is 4.98. The zero-order chi connectivity index (χ0) is 29.7. The minimum absolute atomic E-state index is 0.815. The molecule has 45 heavy (non-hydrogen) atoms. The number of para-hydroxylation sites is 2. The molecule has 5 heterocycles. The van der Waals surface area contributed by atoms with Crippen LogP contribution < -0.4 is 0 Å². The van der Waals surface area contributed by atoms with E-state index in [-0.39, 0.29) is 0 Å². The Morgan fingerprint density at radius 1 is 0.422 bits per heavy atom. The Morgan fingerprint density at radius 3 is 1.76 bits per heavy atom. The van der Waals surface area contributed by atoms with E-state index in [1.807, 2.05) is 42.5 Å². The Bertz CT molecular complexity index is 2480. The van der Waals surface area contributed by atoms with Gasteiger partial charge in [0.15, 0.2) is 0 Å². The van der Waals surface area contributed by atoms with Gasteiger partial charge in [0.1, 0.15) is 5.65 Å². The van der Waals surface area contributed by atoms with E-state index in [4.69, 9.17) is 9.97 Å². The first-order valence-corrected chi connectivity index (χ1v) is 15.0. The van der Waals surface area contributed by atoms with Gasteiger partial charge in [-0.3, -0.25) is 14.4 Å². The van der Waals surface area contributed by atoms with Crippen LogP contribution in [0.15, 0.2) is 152 Å². The Hall–Kier alpha value is -6.20. The lowest BCUT2D eigenvalue weighted by atomic mass is 9.91. The lowest BCUT2D eigenvalue weighted by molar-refractivity contribution is 1.22. The quantitative estimate of drug-likeness (QED) is 0.210. The first kappa shape index (κ1) is 25.3. The van der Waals surface area contributed by atoms with E-state index in [9.17, 15) is 0 Å². The summed E-state index contributed by atoms with van der Waals surface area (Å²) in [5.41, 5.74) is 12.1. The van der Waals surface area contributed by atoms with Crippen LogP contribution in [0.2, 0.25) is 0 Å². The number of fused-ring (bicyclic) bond motifs is 6. The molecule has 0 aliphatic heterocycles. The van der Waals surface area contributed by atoms with Crippen LogP contribution in [0, 0.1) is 0 Å². The first-order valence-electron chi connectivity index (χ1n) is 15.0. The number of imidazole rings is 1. The SMILES string of the molecule is c1ccc(-c2cc(-c3ccc(-c4ccc5c(ccc6nc7ccccc7n65)c4)c4ccccc34)cc(-c3ccccn3)n2)nc1. The van der Waals surface area contributed by atoms with Gasteiger partial charge in [0.2, 0.25) is 0 Å². The number of hydrogen-bond acceptors (Lipinski definition) is 4. The van der Waals surface area contributed by atoms with Crippen LogP contribution in [0.3, 0.4) is 0 Å². The average Bonchev–Trinajstić information content (AvgIpc) is 3.51. The lowest BCUT2D eigenvalue weighted by Gasteiger charge is -2.15. The highest BCUT2D eigenvalue weighted by molar-refractivity contribution is 6.06. The van der Waals surface area contributed by atoms with Gasteiger partial charge >= 0.3 is 0 Å². The zero-order valence-corrected chi connectivity index (χ0v) is 24.2. The fourth-order valence-electron chi connectivity index (χ4n) is 6.41. The molecule has 5 aromatic heterocycles. The van der Waals surface area contributed by atoms with Gasteiger partial charge in [-0.2, -0.15) is 0 Å². The molecule has 0 aliphatic carbocycles. The van der Waals surface area contributed by atoms with Crippen LogP contribution in [0.25, 0.3) is 83.4 Å². The van der Waals surface area contributed by atoms with Crippen molar-refractivity contribution >= 4 is 38.4 Å². The molecule has 0 radical (unpaired) electrons. The van der Waals surface area contributed by atoms with Crippen molar-refractivity contribution in [3.63, 3.8) is 0 Å². The molecule has 0 saturated heterocycles. The fraction of sp³-hybridized carbons (Fsp3) is 0. The summed E-state index contributed by atoms with van der Waals surface area (Å²) in [7, 11) is 0. The van der Waals surface area contributed by atoms with Crippen molar-refractivity contribution in [3.05, 3.63) is 152 Å². The van der Waals surface area contributed by atoms with Gasteiger partial charge in [0, 0.05) is 12.4 Å². The molecule has 0 atom stereocenters. The summed E-state index contributed by atoms with van der Waals surface area (Å²) in [4.78, 5) is 19.0. The molecule has 0 aliphatic rings. The third kappa shape index (κ3) is 4.25. The molecule has 9 rings (SSSR count). The molecule has 0 fully saturated rings. The summed E-state index contributed by atoms with van der Waals surface area (Å²) < 4.78 is 2.25. The van der Waals surface area contributed by atoms with Crippen LogP contribution in [0.5, 0.6) is 0 Å². The van der Waals surface area contributed by atoms with Gasteiger partial charge in [0.25, 0.3) is 0 Å². The average molecular weight is 576 g/mol.